The van der Waals surface area contributed by atoms with Gasteiger partial charge in [-0.1, -0.05) is 30.3 Å². The van der Waals surface area contributed by atoms with Gasteiger partial charge in [-0.25, -0.2) is 0 Å². The molecule has 0 unspecified atom stereocenters. The molecule has 2 aromatic carbocycles. The molecule has 0 radical (unpaired) electrons. The summed E-state index contributed by atoms with van der Waals surface area (Å²) >= 11 is 0. The molecular formula is C15H17BO5. The predicted octanol–water partition coefficient (Wildman–Crippen LogP) is 0.963. The average molecular weight is 288 g/mol. The second-order valence-electron chi connectivity index (χ2n) is 4.36. The van der Waals surface area contributed by atoms with E-state index in [1.165, 1.54) is 14.2 Å². The quantitative estimate of drug-likeness (QED) is 0.775. The van der Waals surface area contributed by atoms with Crippen molar-refractivity contribution in [2.75, 3.05) is 14.2 Å². The van der Waals surface area contributed by atoms with Crippen LogP contribution in [0.1, 0.15) is 5.56 Å². The van der Waals surface area contributed by atoms with Gasteiger partial charge in [0.25, 0.3) is 0 Å². The standard InChI is InChI=1S/C15H17BO5/c1-19-13-9-8-12(14(16(17)18)15(13)20-2)21-10-11-6-4-3-5-7-11/h3-9,17-18H,10H2,1-2H3. The van der Waals surface area contributed by atoms with E-state index in [2.05, 4.69) is 0 Å². The maximum atomic E-state index is 9.57. The first-order valence-corrected chi connectivity index (χ1v) is 6.45. The van der Waals surface area contributed by atoms with Gasteiger partial charge < -0.3 is 24.3 Å². The molecule has 2 aromatic rings. The minimum atomic E-state index is -1.72. The molecule has 0 aliphatic rings. The number of rotatable bonds is 6. The van der Waals surface area contributed by atoms with Gasteiger partial charge in [0.1, 0.15) is 12.4 Å². The molecular weight excluding hydrogens is 271 g/mol. The van der Waals surface area contributed by atoms with Crippen LogP contribution in [0.25, 0.3) is 0 Å². The van der Waals surface area contributed by atoms with E-state index in [9.17, 15) is 10.0 Å². The summed E-state index contributed by atoms with van der Waals surface area (Å²) in [6, 6.07) is 12.9. The van der Waals surface area contributed by atoms with E-state index in [-0.39, 0.29) is 11.2 Å². The Hall–Kier alpha value is -2.18. The summed E-state index contributed by atoms with van der Waals surface area (Å²) in [6.45, 7) is 0.316. The fraction of sp³-hybridized carbons (Fsp3) is 0.200. The van der Waals surface area contributed by atoms with Crippen LogP contribution in [0.4, 0.5) is 0 Å². The lowest BCUT2D eigenvalue weighted by Crippen LogP contribution is -2.33. The molecule has 6 heteroatoms. The van der Waals surface area contributed by atoms with E-state index in [0.29, 0.717) is 18.1 Å². The van der Waals surface area contributed by atoms with Gasteiger partial charge in [-0.05, 0) is 17.7 Å². The Morgan fingerprint density at radius 2 is 1.57 bits per heavy atom. The maximum absolute atomic E-state index is 9.57. The van der Waals surface area contributed by atoms with E-state index in [4.69, 9.17) is 14.2 Å². The number of hydrogen-bond donors (Lipinski definition) is 2. The summed E-state index contributed by atoms with van der Waals surface area (Å²) in [5.74, 6) is 0.997. The molecule has 0 aliphatic heterocycles. The summed E-state index contributed by atoms with van der Waals surface area (Å²) in [6.07, 6.45) is 0. The average Bonchev–Trinajstić information content (AvgIpc) is 2.52. The molecule has 0 aromatic heterocycles. The SMILES string of the molecule is COc1ccc(OCc2ccccc2)c(B(O)O)c1OC. The fourth-order valence-corrected chi connectivity index (χ4v) is 2.04. The van der Waals surface area contributed by atoms with Crippen LogP contribution in [0.5, 0.6) is 17.2 Å². The third-order valence-electron chi connectivity index (χ3n) is 3.04. The van der Waals surface area contributed by atoms with Crippen molar-refractivity contribution < 1.29 is 24.3 Å². The third-order valence-corrected chi connectivity index (χ3v) is 3.04. The zero-order valence-corrected chi connectivity index (χ0v) is 11.9. The Bertz CT molecular complexity index is 586. The minimum absolute atomic E-state index is 0.146. The molecule has 2 rings (SSSR count). The molecule has 0 aliphatic carbocycles. The van der Waals surface area contributed by atoms with Gasteiger partial charge in [0.15, 0.2) is 11.5 Å². The van der Waals surface area contributed by atoms with Crippen molar-refractivity contribution in [2.45, 2.75) is 6.61 Å². The van der Waals surface area contributed by atoms with Crippen molar-refractivity contribution in [3.63, 3.8) is 0 Å². The van der Waals surface area contributed by atoms with Crippen LogP contribution in [0, 0.1) is 0 Å². The van der Waals surface area contributed by atoms with Gasteiger partial charge in [0, 0.05) is 0 Å². The zero-order valence-electron chi connectivity index (χ0n) is 11.9. The molecule has 0 bridgehead atoms. The maximum Gasteiger partial charge on any atom is 0.496 e. The van der Waals surface area contributed by atoms with Crippen molar-refractivity contribution >= 4 is 12.6 Å². The van der Waals surface area contributed by atoms with E-state index >= 15 is 0 Å². The summed E-state index contributed by atoms with van der Waals surface area (Å²) in [5.41, 5.74) is 1.12. The molecule has 0 amide bonds. The highest BCUT2D eigenvalue weighted by Gasteiger charge is 2.26. The van der Waals surface area contributed by atoms with E-state index in [1.54, 1.807) is 12.1 Å². The summed E-state index contributed by atoms with van der Waals surface area (Å²) in [5, 5.41) is 19.1. The number of methoxy groups -OCH3 is 2. The van der Waals surface area contributed by atoms with Crippen LogP contribution < -0.4 is 19.7 Å². The minimum Gasteiger partial charge on any atom is -0.493 e. The molecule has 5 nitrogen and oxygen atoms in total. The Kier molecular flexibility index (Phi) is 5.08. The topological polar surface area (TPSA) is 68.2 Å². The Labute approximate surface area is 123 Å². The number of ether oxygens (including phenoxy) is 3. The summed E-state index contributed by atoms with van der Waals surface area (Å²) < 4.78 is 16.0. The van der Waals surface area contributed by atoms with Crippen LogP contribution in [-0.4, -0.2) is 31.4 Å². The summed E-state index contributed by atoms with van der Waals surface area (Å²) in [7, 11) is 1.20. The Morgan fingerprint density at radius 3 is 2.14 bits per heavy atom. The first-order valence-electron chi connectivity index (χ1n) is 6.45. The molecule has 0 fully saturated rings. The molecule has 2 N–H and O–H groups in total. The molecule has 110 valence electrons. The van der Waals surface area contributed by atoms with Gasteiger partial charge in [-0.15, -0.1) is 0 Å². The highest BCUT2D eigenvalue weighted by molar-refractivity contribution is 6.61. The second-order valence-corrected chi connectivity index (χ2v) is 4.36. The van der Waals surface area contributed by atoms with E-state index in [1.807, 2.05) is 30.3 Å². The largest absolute Gasteiger partial charge is 0.496 e. The normalized spacial score (nSPS) is 10.1. The molecule has 0 atom stereocenters. The zero-order chi connectivity index (χ0) is 15.2. The smallest absolute Gasteiger partial charge is 0.493 e. The van der Waals surface area contributed by atoms with Gasteiger partial charge in [-0.3, -0.25) is 0 Å². The molecule has 0 saturated carbocycles. The van der Waals surface area contributed by atoms with Gasteiger partial charge in [0.05, 0.1) is 19.7 Å². The monoisotopic (exact) mass is 288 g/mol. The van der Waals surface area contributed by atoms with Crippen molar-refractivity contribution in [3.05, 3.63) is 48.0 Å². The third kappa shape index (κ3) is 3.48. The van der Waals surface area contributed by atoms with Crippen molar-refractivity contribution in [1.82, 2.24) is 0 Å². The van der Waals surface area contributed by atoms with Gasteiger partial charge in [0.2, 0.25) is 0 Å². The first-order chi connectivity index (χ1) is 10.2. The Morgan fingerprint density at radius 1 is 0.905 bits per heavy atom. The molecule has 21 heavy (non-hydrogen) atoms. The van der Waals surface area contributed by atoms with Gasteiger partial charge in [-0.2, -0.15) is 0 Å². The van der Waals surface area contributed by atoms with Crippen LogP contribution in [0.15, 0.2) is 42.5 Å². The highest BCUT2D eigenvalue weighted by Crippen LogP contribution is 2.29. The lowest BCUT2D eigenvalue weighted by molar-refractivity contribution is 0.301. The summed E-state index contributed by atoms with van der Waals surface area (Å²) in [4.78, 5) is 0. The van der Waals surface area contributed by atoms with Crippen LogP contribution in [-0.2, 0) is 6.61 Å². The molecule has 0 heterocycles. The van der Waals surface area contributed by atoms with E-state index in [0.717, 1.165) is 5.56 Å². The molecule has 0 saturated heterocycles. The van der Waals surface area contributed by atoms with Crippen LogP contribution in [0.2, 0.25) is 0 Å². The van der Waals surface area contributed by atoms with Crippen molar-refractivity contribution in [2.24, 2.45) is 0 Å². The van der Waals surface area contributed by atoms with Crippen molar-refractivity contribution in [3.8, 4) is 17.2 Å². The van der Waals surface area contributed by atoms with E-state index < -0.39 is 7.12 Å². The van der Waals surface area contributed by atoms with Crippen LogP contribution >= 0.6 is 0 Å². The predicted molar refractivity (Wildman–Crippen MR) is 80.1 cm³/mol. The van der Waals surface area contributed by atoms with Gasteiger partial charge >= 0.3 is 7.12 Å². The molecule has 0 spiro atoms. The highest BCUT2D eigenvalue weighted by atomic mass is 16.5. The fourth-order valence-electron chi connectivity index (χ4n) is 2.04. The Balaban J connectivity index is 2.30. The van der Waals surface area contributed by atoms with Crippen LogP contribution in [0.3, 0.4) is 0 Å². The lowest BCUT2D eigenvalue weighted by Gasteiger charge is -2.17. The second kappa shape index (κ2) is 7.01. The first kappa shape index (κ1) is 15.2. The number of benzene rings is 2. The number of hydrogen-bond acceptors (Lipinski definition) is 5. The van der Waals surface area contributed by atoms with Crippen molar-refractivity contribution in [1.29, 1.82) is 0 Å². The lowest BCUT2D eigenvalue weighted by atomic mass is 9.78.